The van der Waals surface area contributed by atoms with Crippen molar-refractivity contribution in [3.63, 3.8) is 0 Å². The summed E-state index contributed by atoms with van der Waals surface area (Å²) in [5, 5.41) is 0. The third-order valence-electron chi connectivity index (χ3n) is 5.98. The number of carbonyl (C=O) groups excluding carboxylic acids is 3. The van der Waals surface area contributed by atoms with Crippen molar-refractivity contribution in [2.24, 2.45) is 0 Å². The maximum Gasteiger partial charge on any atom is 0.414 e. The number of ether oxygens (including phenoxy) is 4. The lowest BCUT2D eigenvalue weighted by atomic mass is 10.1. The van der Waals surface area contributed by atoms with Gasteiger partial charge in [-0.3, -0.25) is 14.5 Å². The van der Waals surface area contributed by atoms with Crippen molar-refractivity contribution < 1.29 is 33.3 Å². The van der Waals surface area contributed by atoms with Gasteiger partial charge in [-0.25, -0.2) is 4.79 Å². The third-order valence-corrected chi connectivity index (χ3v) is 5.98. The summed E-state index contributed by atoms with van der Waals surface area (Å²) in [5.41, 5.74) is 1.85. The molecule has 4 rings (SSSR count). The van der Waals surface area contributed by atoms with E-state index in [9.17, 15) is 14.4 Å². The lowest BCUT2D eigenvalue weighted by Gasteiger charge is -2.24. The number of cyclic esters (lactones) is 1. The van der Waals surface area contributed by atoms with Crippen LogP contribution in [0.4, 0.5) is 10.5 Å². The van der Waals surface area contributed by atoms with Crippen LogP contribution < -0.4 is 19.1 Å². The molecule has 2 heterocycles. The zero-order valence-corrected chi connectivity index (χ0v) is 19.5. The summed E-state index contributed by atoms with van der Waals surface area (Å²) in [6, 6.07) is 10.5. The molecule has 1 saturated heterocycles. The van der Waals surface area contributed by atoms with Crippen LogP contribution in [0.1, 0.15) is 35.7 Å². The van der Waals surface area contributed by atoms with Crippen molar-refractivity contribution in [3.8, 4) is 17.2 Å². The monoisotopic (exact) mass is 468 g/mol. The second kappa shape index (κ2) is 10.0. The van der Waals surface area contributed by atoms with Crippen LogP contribution in [-0.2, 0) is 16.1 Å². The number of benzene rings is 2. The van der Waals surface area contributed by atoms with Crippen LogP contribution in [0.25, 0.3) is 0 Å². The smallest absolute Gasteiger partial charge is 0.414 e. The van der Waals surface area contributed by atoms with Gasteiger partial charge in [0.25, 0.3) is 0 Å². The van der Waals surface area contributed by atoms with Gasteiger partial charge >= 0.3 is 6.09 Å². The molecule has 0 radical (unpaired) electrons. The second-order valence-corrected chi connectivity index (χ2v) is 8.25. The van der Waals surface area contributed by atoms with Crippen molar-refractivity contribution in [3.05, 3.63) is 47.5 Å². The number of hydrogen-bond donors (Lipinski definition) is 0. The van der Waals surface area contributed by atoms with E-state index in [-0.39, 0.29) is 24.8 Å². The van der Waals surface area contributed by atoms with E-state index >= 15 is 0 Å². The number of ketones is 1. The number of carbonyl (C=O) groups is 3. The van der Waals surface area contributed by atoms with E-state index < -0.39 is 12.2 Å². The lowest BCUT2D eigenvalue weighted by molar-refractivity contribution is -0.130. The Hall–Kier alpha value is -3.75. The van der Waals surface area contributed by atoms with Crippen molar-refractivity contribution >= 4 is 23.5 Å². The largest absolute Gasteiger partial charge is 0.497 e. The molecule has 1 fully saturated rings. The molecule has 9 heteroatoms. The maximum atomic E-state index is 12.6. The highest BCUT2D eigenvalue weighted by Crippen LogP contribution is 2.31. The van der Waals surface area contributed by atoms with E-state index in [1.165, 1.54) is 11.8 Å². The first kappa shape index (κ1) is 23.4. The molecule has 9 nitrogen and oxygen atoms in total. The highest BCUT2D eigenvalue weighted by molar-refractivity contribution is 6.01. The van der Waals surface area contributed by atoms with Crippen molar-refractivity contribution in [2.45, 2.75) is 32.4 Å². The molecule has 180 valence electrons. The van der Waals surface area contributed by atoms with E-state index in [0.29, 0.717) is 54.5 Å². The molecule has 2 aliphatic heterocycles. The highest BCUT2D eigenvalue weighted by Gasteiger charge is 2.35. The number of rotatable bonds is 7. The van der Waals surface area contributed by atoms with E-state index in [2.05, 4.69) is 0 Å². The Morgan fingerprint density at radius 3 is 2.71 bits per heavy atom. The summed E-state index contributed by atoms with van der Waals surface area (Å²) < 4.78 is 21.9. The van der Waals surface area contributed by atoms with Crippen LogP contribution in [0.15, 0.2) is 36.4 Å². The Morgan fingerprint density at radius 1 is 1.15 bits per heavy atom. The highest BCUT2D eigenvalue weighted by atomic mass is 16.6. The van der Waals surface area contributed by atoms with E-state index in [1.807, 2.05) is 6.07 Å². The van der Waals surface area contributed by atoms with Gasteiger partial charge in [0.2, 0.25) is 5.91 Å². The van der Waals surface area contributed by atoms with E-state index in [1.54, 1.807) is 49.5 Å². The van der Waals surface area contributed by atoms with Gasteiger partial charge < -0.3 is 23.8 Å². The number of methoxy groups -OCH3 is 2. The third kappa shape index (κ3) is 4.93. The van der Waals surface area contributed by atoms with E-state index in [0.717, 1.165) is 5.56 Å². The van der Waals surface area contributed by atoms with Gasteiger partial charge in [0.05, 0.1) is 39.5 Å². The summed E-state index contributed by atoms with van der Waals surface area (Å²) in [6.07, 6.45) is 0.0338. The van der Waals surface area contributed by atoms with Crippen LogP contribution in [0, 0.1) is 0 Å². The standard InChI is InChI=1S/C25H28N2O7/c1-16(28)26(13-17-6-8-19(31-2)12-24(17)32-3)14-20-15-27(25(30)34-20)18-7-9-23-21(11-18)22(29)5-4-10-33-23/h6-9,11-12,20H,4-5,10,13-15H2,1-3H3/t20-/m0/s1. The van der Waals surface area contributed by atoms with Gasteiger partial charge in [0, 0.05) is 37.2 Å². The van der Waals surface area contributed by atoms with Gasteiger partial charge in [-0.1, -0.05) is 0 Å². The van der Waals surface area contributed by atoms with Crippen molar-refractivity contribution in [2.75, 3.05) is 38.8 Å². The number of fused-ring (bicyclic) bond motifs is 1. The lowest BCUT2D eigenvalue weighted by Crippen LogP contribution is -2.37. The molecular weight excluding hydrogens is 440 g/mol. The Balaban J connectivity index is 1.48. The van der Waals surface area contributed by atoms with Gasteiger partial charge in [0.15, 0.2) is 5.78 Å². The minimum atomic E-state index is -0.522. The number of hydrogen-bond acceptors (Lipinski definition) is 7. The number of anilines is 1. The summed E-state index contributed by atoms with van der Waals surface area (Å²) in [5.74, 6) is 1.63. The fourth-order valence-electron chi connectivity index (χ4n) is 4.14. The average molecular weight is 469 g/mol. The summed E-state index contributed by atoms with van der Waals surface area (Å²) >= 11 is 0. The number of Topliss-reactive ketones (excluding diaryl/α,β-unsaturated/α-hetero) is 1. The molecule has 2 aromatic rings. The first-order valence-electron chi connectivity index (χ1n) is 11.1. The molecule has 0 aromatic heterocycles. The van der Waals surface area contributed by atoms with Crippen LogP contribution in [0.5, 0.6) is 17.2 Å². The summed E-state index contributed by atoms with van der Waals surface area (Å²) in [4.78, 5) is 40.5. The van der Waals surface area contributed by atoms with Crippen LogP contribution in [0.3, 0.4) is 0 Å². The molecule has 2 aliphatic rings. The van der Waals surface area contributed by atoms with Crippen LogP contribution in [-0.4, -0.2) is 62.7 Å². The molecule has 1 atom stereocenters. The topological polar surface area (TPSA) is 94.6 Å². The van der Waals surface area contributed by atoms with Gasteiger partial charge in [-0.15, -0.1) is 0 Å². The normalized spacial score (nSPS) is 17.4. The molecule has 2 amide bonds. The second-order valence-electron chi connectivity index (χ2n) is 8.25. The SMILES string of the molecule is COc1ccc(CN(C[C@H]2CN(c3ccc4c(c3)C(=O)CCCO4)C(=O)O2)C(C)=O)c(OC)c1. The molecule has 0 aliphatic carbocycles. The zero-order chi connectivity index (χ0) is 24.2. The molecule has 0 N–H and O–H groups in total. The average Bonchev–Trinajstić information content (AvgIpc) is 3.10. The fraction of sp³-hybridized carbons (Fsp3) is 0.400. The van der Waals surface area contributed by atoms with Crippen LogP contribution >= 0.6 is 0 Å². The first-order valence-corrected chi connectivity index (χ1v) is 11.1. The molecule has 0 bridgehead atoms. The Labute approximate surface area is 198 Å². The number of amides is 2. The zero-order valence-electron chi connectivity index (χ0n) is 19.5. The van der Waals surface area contributed by atoms with Gasteiger partial charge in [-0.05, 0) is 36.8 Å². The predicted octanol–water partition coefficient (Wildman–Crippen LogP) is 3.43. The van der Waals surface area contributed by atoms with Crippen molar-refractivity contribution in [1.82, 2.24) is 4.90 Å². The fourth-order valence-corrected chi connectivity index (χ4v) is 4.14. The number of nitrogens with zero attached hydrogens (tertiary/aromatic N) is 2. The summed E-state index contributed by atoms with van der Waals surface area (Å²) in [7, 11) is 3.13. The first-order chi connectivity index (χ1) is 16.4. The minimum absolute atomic E-state index is 0.00495. The van der Waals surface area contributed by atoms with Crippen LogP contribution in [0.2, 0.25) is 0 Å². The molecule has 2 aromatic carbocycles. The van der Waals surface area contributed by atoms with Gasteiger partial charge in [0.1, 0.15) is 23.4 Å². The van der Waals surface area contributed by atoms with E-state index in [4.69, 9.17) is 18.9 Å². The Bertz CT molecular complexity index is 1100. The molecule has 0 unspecified atom stereocenters. The molecule has 0 saturated carbocycles. The molecular formula is C25H28N2O7. The molecule has 0 spiro atoms. The Kier molecular flexibility index (Phi) is 6.90. The predicted molar refractivity (Wildman–Crippen MR) is 124 cm³/mol. The quantitative estimate of drug-likeness (QED) is 0.614. The Morgan fingerprint density at radius 2 is 1.97 bits per heavy atom. The molecule has 34 heavy (non-hydrogen) atoms. The summed E-state index contributed by atoms with van der Waals surface area (Å²) in [6.45, 7) is 2.74. The van der Waals surface area contributed by atoms with Gasteiger partial charge in [-0.2, -0.15) is 0 Å². The maximum absolute atomic E-state index is 12.6. The van der Waals surface area contributed by atoms with Crippen molar-refractivity contribution in [1.29, 1.82) is 0 Å². The minimum Gasteiger partial charge on any atom is -0.497 e.